The van der Waals surface area contributed by atoms with E-state index in [0.29, 0.717) is 11.1 Å². The molecule has 1 aromatic heterocycles. The van der Waals surface area contributed by atoms with E-state index < -0.39 is 5.91 Å². The number of hydrazone groups is 1. The number of amides is 1. The van der Waals surface area contributed by atoms with Crippen molar-refractivity contribution in [2.75, 3.05) is 0 Å². The van der Waals surface area contributed by atoms with Crippen molar-refractivity contribution in [2.24, 2.45) is 5.10 Å². The number of phenolic OH excluding ortho intramolecular Hbond substituents is 1. The SMILES string of the molecule is Cc1ccc(C(=O)n2c(C)cc(/C=N/NC(=O)c3ccc(O)c(Cl)c3)c2C)cc1. The molecule has 3 rings (SSSR count). The van der Waals surface area contributed by atoms with E-state index in [-0.39, 0.29) is 22.2 Å². The normalized spacial score (nSPS) is 11.0. The van der Waals surface area contributed by atoms with Gasteiger partial charge in [0.25, 0.3) is 11.8 Å². The summed E-state index contributed by atoms with van der Waals surface area (Å²) in [5.74, 6) is -0.687. The van der Waals surface area contributed by atoms with Gasteiger partial charge in [0.15, 0.2) is 0 Å². The number of benzene rings is 2. The number of nitrogens with zero attached hydrogens (tertiary/aromatic N) is 2. The Kier molecular flexibility index (Phi) is 5.84. The van der Waals surface area contributed by atoms with E-state index in [0.717, 1.165) is 17.0 Å². The van der Waals surface area contributed by atoms with Crippen molar-refractivity contribution >= 4 is 29.6 Å². The van der Waals surface area contributed by atoms with Crippen LogP contribution >= 0.6 is 11.6 Å². The number of carbonyl (C=O) groups is 2. The Labute approximate surface area is 173 Å². The lowest BCUT2D eigenvalue weighted by Crippen LogP contribution is -2.17. The molecule has 0 radical (unpaired) electrons. The first kappa shape index (κ1) is 20.4. The molecule has 29 heavy (non-hydrogen) atoms. The summed E-state index contributed by atoms with van der Waals surface area (Å²) in [6.45, 7) is 5.63. The summed E-state index contributed by atoms with van der Waals surface area (Å²) in [5, 5.41) is 13.5. The Morgan fingerprint density at radius 2 is 1.69 bits per heavy atom. The molecule has 0 aliphatic rings. The lowest BCUT2D eigenvalue weighted by molar-refractivity contribution is 0.0947. The van der Waals surface area contributed by atoms with Crippen LogP contribution < -0.4 is 5.43 Å². The summed E-state index contributed by atoms with van der Waals surface area (Å²) < 4.78 is 1.62. The monoisotopic (exact) mass is 409 g/mol. The third-order valence-corrected chi connectivity index (χ3v) is 4.85. The molecule has 0 fully saturated rings. The molecule has 1 heterocycles. The molecular formula is C22H20ClN3O3. The van der Waals surface area contributed by atoms with Crippen LogP contribution in [0.25, 0.3) is 0 Å². The third-order valence-electron chi connectivity index (χ3n) is 4.55. The van der Waals surface area contributed by atoms with E-state index in [1.165, 1.54) is 24.4 Å². The van der Waals surface area contributed by atoms with Crippen LogP contribution in [0.3, 0.4) is 0 Å². The van der Waals surface area contributed by atoms with Crippen molar-refractivity contribution in [3.8, 4) is 5.75 Å². The minimum absolute atomic E-state index is 0.0831. The summed E-state index contributed by atoms with van der Waals surface area (Å²) in [7, 11) is 0. The predicted molar refractivity (Wildman–Crippen MR) is 113 cm³/mol. The highest BCUT2D eigenvalue weighted by Gasteiger charge is 2.16. The predicted octanol–water partition coefficient (Wildman–Crippen LogP) is 4.22. The smallest absolute Gasteiger partial charge is 0.271 e. The lowest BCUT2D eigenvalue weighted by Gasteiger charge is -2.08. The Hall–Kier alpha value is -3.38. The molecule has 0 aliphatic heterocycles. The second-order valence-electron chi connectivity index (χ2n) is 6.70. The van der Waals surface area contributed by atoms with Gasteiger partial charge in [0.05, 0.1) is 11.2 Å². The maximum atomic E-state index is 12.9. The Morgan fingerprint density at radius 3 is 2.34 bits per heavy atom. The van der Waals surface area contributed by atoms with Crippen LogP contribution in [0.4, 0.5) is 0 Å². The van der Waals surface area contributed by atoms with Gasteiger partial charge < -0.3 is 5.11 Å². The Morgan fingerprint density at radius 1 is 1.03 bits per heavy atom. The summed E-state index contributed by atoms with van der Waals surface area (Å²) in [4.78, 5) is 25.0. The largest absolute Gasteiger partial charge is 0.506 e. The number of aromatic nitrogens is 1. The molecule has 2 aromatic carbocycles. The number of carbonyl (C=O) groups excluding carboxylic acids is 2. The zero-order valence-corrected chi connectivity index (χ0v) is 17.0. The number of hydrogen-bond donors (Lipinski definition) is 2. The second-order valence-corrected chi connectivity index (χ2v) is 7.11. The first-order valence-electron chi connectivity index (χ1n) is 8.90. The lowest BCUT2D eigenvalue weighted by atomic mass is 10.1. The van der Waals surface area contributed by atoms with Gasteiger partial charge >= 0.3 is 0 Å². The summed E-state index contributed by atoms with van der Waals surface area (Å²) >= 11 is 5.81. The fraction of sp³-hybridized carbons (Fsp3) is 0.136. The molecule has 148 valence electrons. The van der Waals surface area contributed by atoms with Crippen LogP contribution in [-0.2, 0) is 0 Å². The number of phenols is 1. The van der Waals surface area contributed by atoms with Gasteiger partial charge in [0.1, 0.15) is 5.75 Å². The van der Waals surface area contributed by atoms with Gasteiger partial charge in [0, 0.05) is 28.1 Å². The van der Waals surface area contributed by atoms with E-state index in [9.17, 15) is 14.7 Å². The summed E-state index contributed by atoms with van der Waals surface area (Å²) in [6, 6.07) is 13.4. The Bertz CT molecular complexity index is 1120. The maximum Gasteiger partial charge on any atom is 0.271 e. The number of aromatic hydroxyl groups is 1. The molecule has 7 heteroatoms. The number of nitrogens with one attached hydrogen (secondary N) is 1. The van der Waals surface area contributed by atoms with Gasteiger partial charge in [-0.05, 0) is 57.2 Å². The Balaban J connectivity index is 1.77. The van der Waals surface area contributed by atoms with E-state index in [1.807, 2.05) is 39.0 Å². The first-order valence-corrected chi connectivity index (χ1v) is 9.28. The van der Waals surface area contributed by atoms with E-state index >= 15 is 0 Å². The zero-order chi connectivity index (χ0) is 21.1. The van der Waals surface area contributed by atoms with Gasteiger partial charge in [-0.2, -0.15) is 5.10 Å². The van der Waals surface area contributed by atoms with E-state index in [2.05, 4.69) is 10.5 Å². The third kappa shape index (κ3) is 4.38. The van der Waals surface area contributed by atoms with Crippen LogP contribution in [0.2, 0.25) is 5.02 Å². The van der Waals surface area contributed by atoms with Crippen LogP contribution in [0, 0.1) is 20.8 Å². The fourth-order valence-electron chi connectivity index (χ4n) is 2.93. The average molecular weight is 410 g/mol. The van der Waals surface area contributed by atoms with Crippen LogP contribution in [0.15, 0.2) is 53.6 Å². The topological polar surface area (TPSA) is 83.7 Å². The average Bonchev–Trinajstić information content (AvgIpc) is 2.97. The summed E-state index contributed by atoms with van der Waals surface area (Å²) in [6.07, 6.45) is 1.49. The molecular weight excluding hydrogens is 390 g/mol. The van der Waals surface area contributed by atoms with Gasteiger partial charge in [-0.15, -0.1) is 0 Å². The van der Waals surface area contributed by atoms with Gasteiger partial charge in [0.2, 0.25) is 0 Å². The molecule has 3 aromatic rings. The van der Waals surface area contributed by atoms with Crippen LogP contribution in [0.1, 0.15) is 43.2 Å². The van der Waals surface area contributed by atoms with Crippen molar-refractivity contribution in [3.63, 3.8) is 0 Å². The number of aryl methyl sites for hydroxylation is 2. The highest BCUT2D eigenvalue weighted by atomic mass is 35.5. The quantitative estimate of drug-likeness (QED) is 0.499. The van der Waals surface area contributed by atoms with Crippen LogP contribution in [-0.4, -0.2) is 27.7 Å². The number of halogens is 1. The van der Waals surface area contributed by atoms with Crippen molar-refractivity contribution in [2.45, 2.75) is 20.8 Å². The molecule has 0 saturated carbocycles. The van der Waals surface area contributed by atoms with Gasteiger partial charge in [-0.25, -0.2) is 5.43 Å². The molecule has 6 nitrogen and oxygen atoms in total. The molecule has 0 atom stereocenters. The molecule has 1 amide bonds. The molecule has 0 aliphatic carbocycles. The minimum atomic E-state index is -0.465. The highest BCUT2D eigenvalue weighted by Crippen LogP contribution is 2.23. The molecule has 0 saturated heterocycles. The molecule has 2 N–H and O–H groups in total. The van der Waals surface area contributed by atoms with Crippen molar-refractivity contribution in [3.05, 3.63) is 87.2 Å². The number of rotatable bonds is 4. The summed E-state index contributed by atoms with van der Waals surface area (Å²) in [5.41, 5.74) is 6.57. The zero-order valence-electron chi connectivity index (χ0n) is 16.2. The van der Waals surface area contributed by atoms with Gasteiger partial charge in [-0.3, -0.25) is 14.2 Å². The van der Waals surface area contributed by atoms with Crippen LogP contribution in [0.5, 0.6) is 5.75 Å². The molecule has 0 bridgehead atoms. The maximum absolute atomic E-state index is 12.9. The van der Waals surface area contributed by atoms with Crippen molar-refractivity contribution in [1.82, 2.24) is 9.99 Å². The van der Waals surface area contributed by atoms with Gasteiger partial charge in [-0.1, -0.05) is 29.3 Å². The fourth-order valence-corrected chi connectivity index (χ4v) is 3.11. The molecule has 0 unspecified atom stereocenters. The molecule has 0 spiro atoms. The van der Waals surface area contributed by atoms with Crippen molar-refractivity contribution < 1.29 is 14.7 Å². The number of hydrogen-bond acceptors (Lipinski definition) is 4. The van der Waals surface area contributed by atoms with Crippen molar-refractivity contribution in [1.29, 1.82) is 0 Å². The highest BCUT2D eigenvalue weighted by molar-refractivity contribution is 6.32. The van der Waals surface area contributed by atoms with E-state index in [4.69, 9.17) is 11.6 Å². The second kappa shape index (κ2) is 8.32. The van der Waals surface area contributed by atoms with E-state index in [1.54, 1.807) is 16.7 Å². The minimum Gasteiger partial charge on any atom is -0.506 e. The first-order chi connectivity index (χ1) is 13.8. The standard InChI is InChI=1S/C22H20ClN3O3/c1-13-4-6-16(7-5-13)22(29)26-14(2)10-18(15(26)3)12-24-25-21(28)17-8-9-20(27)19(23)11-17/h4-12,27H,1-3H3,(H,25,28)/b24-12+.